The third-order valence-electron chi connectivity index (χ3n) is 1.53. The van der Waals surface area contributed by atoms with Gasteiger partial charge in [-0.2, -0.15) is 4.57 Å². The van der Waals surface area contributed by atoms with Crippen LogP contribution in [0.4, 0.5) is 0 Å². The van der Waals surface area contributed by atoms with Gasteiger partial charge in [0.05, 0.1) is 0 Å². The fraction of sp³-hybridized carbons (Fsp3) is 0.333. The first kappa shape index (κ1) is 11.3. The molecule has 0 N–H and O–H groups in total. The Hall–Kier alpha value is -0.700. The molecule has 0 aromatic carbocycles. The molecule has 1 aromatic heterocycles. The van der Waals surface area contributed by atoms with Crippen LogP contribution in [0.1, 0.15) is 13.3 Å². The van der Waals surface area contributed by atoms with Crippen LogP contribution in [0.25, 0.3) is 0 Å². The molecule has 0 saturated heterocycles. The van der Waals surface area contributed by atoms with E-state index in [1.54, 1.807) is 0 Å². The molecule has 0 saturated carbocycles. The lowest BCUT2D eigenvalue weighted by atomic mass is 10.3. The molecule has 0 fully saturated rings. The van der Waals surface area contributed by atoms with E-state index in [1.807, 2.05) is 42.1 Å². The molecular weight excluding hydrogens is 218 g/mol. The van der Waals surface area contributed by atoms with Crippen molar-refractivity contribution in [3.8, 4) is 0 Å². The molecule has 1 aromatic rings. The standard InChI is InChI=1S/C9H12NO.BrH/c1-2-9(11)8-10-6-4-3-5-7-10;/h3-7H,2,8H2,1H3;1H/q+1;/p-1. The summed E-state index contributed by atoms with van der Waals surface area (Å²) >= 11 is 0. The average molecular weight is 230 g/mol. The van der Waals surface area contributed by atoms with Crippen LogP contribution in [0, 0.1) is 0 Å². The minimum absolute atomic E-state index is 0. The van der Waals surface area contributed by atoms with Crippen molar-refractivity contribution in [1.29, 1.82) is 0 Å². The van der Waals surface area contributed by atoms with E-state index in [0.29, 0.717) is 13.0 Å². The summed E-state index contributed by atoms with van der Waals surface area (Å²) in [4.78, 5) is 11.0. The Kier molecular flexibility index (Phi) is 5.54. The SMILES string of the molecule is CCC(=O)C[n+]1ccccc1.[Br-]. The van der Waals surface area contributed by atoms with Crippen molar-refractivity contribution < 1.29 is 26.3 Å². The third kappa shape index (κ3) is 3.62. The fourth-order valence-corrected chi connectivity index (χ4v) is 0.855. The molecule has 0 amide bonds. The van der Waals surface area contributed by atoms with Gasteiger partial charge in [0.1, 0.15) is 0 Å². The molecule has 3 heteroatoms. The normalized spacial score (nSPS) is 8.75. The van der Waals surface area contributed by atoms with Crippen LogP contribution in [-0.4, -0.2) is 5.78 Å². The van der Waals surface area contributed by atoms with Crippen molar-refractivity contribution in [3.05, 3.63) is 30.6 Å². The van der Waals surface area contributed by atoms with E-state index in [2.05, 4.69) is 0 Å². The van der Waals surface area contributed by atoms with E-state index >= 15 is 0 Å². The highest BCUT2D eigenvalue weighted by molar-refractivity contribution is 5.76. The van der Waals surface area contributed by atoms with Gasteiger partial charge in [0.15, 0.2) is 18.2 Å². The molecule has 12 heavy (non-hydrogen) atoms. The molecule has 1 rings (SSSR count). The number of aromatic nitrogens is 1. The number of nitrogens with zero attached hydrogens (tertiary/aromatic N) is 1. The lowest BCUT2D eigenvalue weighted by Gasteiger charge is -1.91. The van der Waals surface area contributed by atoms with Gasteiger partial charge in [0.25, 0.3) is 0 Å². The van der Waals surface area contributed by atoms with Crippen molar-refractivity contribution in [2.45, 2.75) is 19.9 Å². The van der Waals surface area contributed by atoms with Crippen molar-refractivity contribution >= 4 is 5.78 Å². The molecule has 0 unspecified atom stereocenters. The van der Waals surface area contributed by atoms with Gasteiger partial charge in [-0.3, -0.25) is 4.79 Å². The zero-order valence-electron chi connectivity index (χ0n) is 7.03. The number of carbonyl (C=O) groups excluding carboxylic acids is 1. The largest absolute Gasteiger partial charge is 1.00 e. The number of pyridine rings is 1. The van der Waals surface area contributed by atoms with Gasteiger partial charge in [0.2, 0.25) is 6.54 Å². The minimum atomic E-state index is 0. The van der Waals surface area contributed by atoms with E-state index in [9.17, 15) is 4.79 Å². The zero-order valence-corrected chi connectivity index (χ0v) is 8.62. The van der Waals surface area contributed by atoms with E-state index in [0.717, 1.165) is 0 Å². The van der Waals surface area contributed by atoms with E-state index in [-0.39, 0.29) is 22.8 Å². The highest BCUT2D eigenvalue weighted by Crippen LogP contribution is 1.81. The summed E-state index contributed by atoms with van der Waals surface area (Å²) in [6.45, 7) is 2.38. The van der Waals surface area contributed by atoms with Crippen LogP contribution in [0.2, 0.25) is 0 Å². The Labute approximate surface area is 83.0 Å². The molecule has 0 aliphatic heterocycles. The third-order valence-corrected chi connectivity index (χ3v) is 1.53. The van der Waals surface area contributed by atoms with Gasteiger partial charge in [-0.15, -0.1) is 0 Å². The molecule has 0 radical (unpaired) electrons. The molecule has 66 valence electrons. The number of ketones is 1. The maximum absolute atomic E-state index is 11.0. The van der Waals surface area contributed by atoms with Gasteiger partial charge < -0.3 is 17.0 Å². The second-order valence-electron chi connectivity index (χ2n) is 2.44. The van der Waals surface area contributed by atoms with Crippen LogP contribution in [0.3, 0.4) is 0 Å². The summed E-state index contributed by atoms with van der Waals surface area (Å²) < 4.78 is 1.88. The second-order valence-corrected chi connectivity index (χ2v) is 2.44. The Morgan fingerprint density at radius 1 is 1.25 bits per heavy atom. The Bertz CT molecular complexity index is 236. The average Bonchev–Trinajstić information content (AvgIpc) is 2.06. The molecule has 0 aliphatic carbocycles. The number of halogens is 1. The van der Waals surface area contributed by atoms with E-state index in [1.165, 1.54) is 0 Å². The second kappa shape index (κ2) is 5.89. The summed E-state index contributed by atoms with van der Waals surface area (Å²) in [6.07, 6.45) is 4.41. The first-order chi connectivity index (χ1) is 5.33. The van der Waals surface area contributed by atoms with Gasteiger partial charge in [-0.05, 0) is 0 Å². The smallest absolute Gasteiger partial charge is 0.206 e. The summed E-state index contributed by atoms with van der Waals surface area (Å²) in [6, 6.07) is 5.78. The summed E-state index contributed by atoms with van der Waals surface area (Å²) in [5.74, 6) is 0.265. The fourth-order valence-electron chi connectivity index (χ4n) is 0.855. The molecule has 1 heterocycles. The number of hydrogen-bond donors (Lipinski definition) is 0. The Morgan fingerprint density at radius 2 is 1.83 bits per heavy atom. The van der Waals surface area contributed by atoms with Crippen molar-refractivity contribution in [2.24, 2.45) is 0 Å². The number of hydrogen-bond acceptors (Lipinski definition) is 1. The minimum Gasteiger partial charge on any atom is -1.00 e. The lowest BCUT2D eigenvalue weighted by molar-refractivity contribution is -0.684. The monoisotopic (exact) mass is 229 g/mol. The predicted octanol–water partition coefficient (Wildman–Crippen LogP) is -2.04. The summed E-state index contributed by atoms with van der Waals surface area (Å²) in [7, 11) is 0. The van der Waals surface area contributed by atoms with Gasteiger partial charge >= 0.3 is 0 Å². The first-order valence-electron chi connectivity index (χ1n) is 3.78. The molecule has 2 nitrogen and oxygen atoms in total. The maximum atomic E-state index is 11.0. The van der Waals surface area contributed by atoms with Gasteiger partial charge in [-0.1, -0.05) is 13.0 Å². The van der Waals surface area contributed by atoms with Crippen LogP contribution < -0.4 is 21.5 Å². The highest BCUT2D eigenvalue weighted by atomic mass is 79.9. The number of carbonyl (C=O) groups is 1. The van der Waals surface area contributed by atoms with E-state index in [4.69, 9.17) is 0 Å². The highest BCUT2D eigenvalue weighted by Gasteiger charge is 2.04. The van der Waals surface area contributed by atoms with Crippen molar-refractivity contribution in [2.75, 3.05) is 0 Å². The van der Waals surface area contributed by atoms with Crippen molar-refractivity contribution in [1.82, 2.24) is 0 Å². The Morgan fingerprint density at radius 3 is 2.33 bits per heavy atom. The molecule has 0 aliphatic rings. The molecule has 0 spiro atoms. The van der Waals surface area contributed by atoms with Crippen LogP contribution in [0.5, 0.6) is 0 Å². The first-order valence-corrected chi connectivity index (χ1v) is 3.78. The van der Waals surface area contributed by atoms with Crippen LogP contribution in [0.15, 0.2) is 30.6 Å². The van der Waals surface area contributed by atoms with Crippen LogP contribution >= 0.6 is 0 Å². The quantitative estimate of drug-likeness (QED) is 0.548. The zero-order chi connectivity index (χ0) is 8.10. The molecule has 0 bridgehead atoms. The Balaban J connectivity index is 0.00000121. The molecular formula is C9H12BrNO. The predicted molar refractivity (Wildman–Crippen MR) is 41.9 cm³/mol. The number of Topliss-reactive ketones (excluding diaryl/α,β-unsaturated/α-hetero) is 1. The molecule has 0 atom stereocenters. The maximum Gasteiger partial charge on any atom is 0.206 e. The van der Waals surface area contributed by atoms with Crippen LogP contribution in [-0.2, 0) is 11.3 Å². The topological polar surface area (TPSA) is 20.9 Å². The van der Waals surface area contributed by atoms with Gasteiger partial charge in [0, 0.05) is 18.6 Å². The van der Waals surface area contributed by atoms with Crippen molar-refractivity contribution in [3.63, 3.8) is 0 Å². The lowest BCUT2D eigenvalue weighted by Crippen LogP contribution is -3.00. The summed E-state index contributed by atoms with van der Waals surface area (Å²) in [5.41, 5.74) is 0. The number of rotatable bonds is 3. The van der Waals surface area contributed by atoms with Gasteiger partial charge in [-0.25, -0.2) is 0 Å². The van der Waals surface area contributed by atoms with E-state index < -0.39 is 0 Å². The summed E-state index contributed by atoms with van der Waals surface area (Å²) in [5, 5.41) is 0.